The lowest BCUT2D eigenvalue weighted by Gasteiger charge is -2.21. The quantitative estimate of drug-likeness (QED) is 0.848. The van der Waals surface area contributed by atoms with Gasteiger partial charge >= 0.3 is 6.01 Å². The number of rotatable bonds is 3. The molecule has 1 fully saturated rings. The van der Waals surface area contributed by atoms with E-state index in [9.17, 15) is 0 Å². The smallest absolute Gasteiger partial charge is 0.316 e. The van der Waals surface area contributed by atoms with Gasteiger partial charge in [0.2, 0.25) is 0 Å². The van der Waals surface area contributed by atoms with Gasteiger partial charge in [-0.3, -0.25) is 0 Å². The molecule has 1 atom stereocenters. The topological polar surface area (TPSA) is 47.0 Å². The van der Waals surface area contributed by atoms with Gasteiger partial charge in [0.1, 0.15) is 0 Å². The zero-order chi connectivity index (χ0) is 9.64. The number of nitrogens with zero attached hydrogens (tertiary/aromatic N) is 2. The molecule has 0 bridgehead atoms. The molecule has 2 heterocycles. The van der Waals surface area contributed by atoms with Crippen LogP contribution < -0.4 is 10.1 Å². The lowest BCUT2D eigenvalue weighted by molar-refractivity contribution is 0.205. The van der Waals surface area contributed by atoms with Crippen molar-refractivity contribution in [2.45, 2.75) is 12.8 Å². The minimum atomic E-state index is 0. The Kier molecular flexibility index (Phi) is 5.36. The van der Waals surface area contributed by atoms with E-state index in [1.54, 1.807) is 18.5 Å². The van der Waals surface area contributed by atoms with Gasteiger partial charge in [-0.2, -0.15) is 0 Å². The largest absolute Gasteiger partial charge is 0.463 e. The molecule has 2 rings (SSSR count). The zero-order valence-corrected chi connectivity index (χ0v) is 9.37. The molecule has 1 aliphatic rings. The van der Waals surface area contributed by atoms with Crippen LogP contribution in [0.5, 0.6) is 6.01 Å². The minimum absolute atomic E-state index is 0. The van der Waals surface area contributed by atoms with Crippen molar-refractivity contribution in [1.82, 2.24) is 15.3 Å². The van der Waals surface area contributed by atoms with E-state index in [4.69, 9.17) is 4.74 Å². The number of hydrogen-bond donors (Lipinski definition) is 1. The van der Waals surface area contributed by atoms with Gasteiger partial charge in [-0.05, 0) is 25.5 Å². The Morgan fingerprint density at radius 1 is 1.40 bits per heavy atom. The van der Waals surface area contributed by atoms with Crippen LogP contribution in [-0.2, 0) is 0 Å². The summed E-state index contributed by atoms with van der Waals surface area (Å²) in [6.07, 6.45) is 5.87. The molecule has 4 nitrogen and oxygen atoms in total. The molecule has 1 aliphatic heterocycles. The predicted octanol–water partition coefficient (Wildman–Crippen LogP) is 1.28. The number of hydrogen-bond acceptors (Lipinski definition) is 4. The summed E-state index contributed by atoms with van der Waals surface area (Å²) in [4.78, 5) is 8.02. The molecule has 1 unspecified atom stereocenters. The van der Waals surface area contributed by atoms with Gasteiger partial charge in [-0.1, -0.05) is 0 Å². The van der Waals surface area contributed by atoms with Crippen LogP contribution in [0.3, 0.4) is 0 Å². The highest BCUT2D eigenvalue weighted by Gasteiger charge is 2.13. The van der Waals surface area contributed by atoms with Crippen LogP contribution in [0.2, 0.25) is 0 Å². The summed E-state index contributed by atoms with van der Waals surface area (Å²) >= 11 is 0. The summed E-state index contributed by atoms with van der Waals surface area (Å²) in [5.41, 5.74) is 0. The van der Waals surface area contributed by atoms with Crippen LogP contribution in [0.4, 0.5) is 0 Å². The Labute approximate surface area is 95.9 Å². The first-order valence-corrected chi connectivity index (χ1v) is 5.05. The van der Waals surface area contributed by atoms with Crippen molar-refractivity contribution in [1.29, 1.82) is 0 Å². The van der Waals surface area contributed by atoms with Gasteiger partial charge in [0.25, 0.3) is 0 Å². The summed E-state index contributed by atoms with van der Waals surface area (Å²) in [6, 6.07) is 2.27. The van der Waals surface area contributed by atoms with E-state index in [2.05, 4.69) is 15.3 Å². The summed E-state index contributed by atoms with van der Waals surface area (Å²) < 4.78 is 5.48. The third kappa shape index (κ3) is 4.01. The second-order valence-electron chi connectivity index (χ2n) is 3.55. The summed E-state index contributed by atoms with van der Waals surface area (Å²) in [6.45, 7) is 2.90. The SMILES string of the molecule is Cl.c1cnc(OCC2CCCNC2)nc1. The van der Waals surface area contributed by atoms with Crippen molar-refractivity contribution >= 4 is 12.4 Å². The van der Waals surface area contributed by atoms with Crippen LogP contribution in [0, 0.1) is 5.92 Å². The summed E-state index contributed by atoms with van der Waals surface area (Å²) in [5.74, 6) is 0.604. The van der Waals surface area contributed by atoms with E-state index in [-0.39, 0.29) is 12.4 Å². The van der Waals surface area contributed by atoms with Crippen LogP contribution in [0.25, 0.3) is 0 Å². The molecule has 84 valence electrons. The number of ether oxygens (including phenoxy) is 1. The Hall–Kier alpha value is -0.870. The molecule has 1 aromatic heterocycles. The van der Waals surface area contributed by atoms with E-state index in [1.807, 2.05) is 0 Å². The lowest BCUT2D eigenvalue weighted by Crippen LogP contribution is -2.33. The van der Waals surface area contributed by atoms with Gasteiger partial charge in [0.05, 0.1) is 6.61 Å². The fourth-order valence-electron chi connectivity index (χ4n) is 1.62. The van der Waals surface area contributed by atoms with Crippen molar-refractivity contribution < 1.29 is 4.74 Å². The molecule has 0 aliphatic carbocycles. The molecular formula is C10H16ClN3O. The van der Waals surface area contributed by atoms with E-state index in [0.29, 0.717) is 11.9 Å². The van der Waals surface area contributed by atoms with Crippen LogP contribution >= 0.6 is 12.4 Å². The molecule has 5 heteroatoms. The third-order valence-electron chi connectivity index (χ3n) is 2.39. The first-order chi connectivity index (χ1) is 6.95. The molecule has 0 radical (unpaired) electrons. The van der Waals surface area contributed by atoms with Crippen LogP contribution in [-0.4, -0.2) is 29.7 Å². The first-order valence-electron chi connectivity index (χ1n) is 5.05. The van der Waals surface area contributed by atoms with Gasteiger partial charge in [0.15, 0.2) is 0 Å². The highest BCUT2D eigenvalue weighted by Crippen LogP contribution is 2.10. The highest BCUT2D eigenvalue weighted by molar-refractivity contribution is 5.85. The Morgan fingerprint density at radius 3 is 2.87 bits per heavy atom. The molecule has 1 aromatic rings. The fraction of sp³-hybridized carbons (Fsp3) is 0.600. The molecule has 0 spiro atoms. The molecule has 1 N–H and O–H groups in total. The summed E-state index contributed by atoms with van der Waals surface area (Å²) in [7, 11) is 0. The number of halogens is 1. The van der Waals surface area contributed by atoms with Gasteiger partial charge in [-0.25, -0.2) is 9.97 Å². The Morgan fingerprint density at radius 2 is 2.20 bits per heavy atom. The second-order valence-corrected chi connectivity index (χ2v) is 3.55. The molecule has 15 heavy (non-hydrogen) atoms. The highest BCUT2D eigenvalue weighted by atomic mass is 35.5. The van der Waals surface area contributed by atoms with E-state index in [1.165, 1.54) is 12.8 Å². The monoisotopic (exact) mass is 229 g/mol. The van der Waals surface area contributed by atoms with E-state index in [0.717, 1.165) is 19.7 Å². The maximum absolute atomic E-state index is 5.48. The lowest BCUT2D eigenvalue weighted by atomic mass is 10.0. The van der Waals surface area contributed by atoms with Crippen LogP contribution in [0.15, 0.2) is 18.5 Å². The van der Waals surface area contributed by atoms with E-state index < -0.39 is 0 Å². The minimum Gasteiger partial charge on any atom is -0.463 e. The van der Waals surface area contributed by atoms with Crippen molar-refractivity contribution in [3.63, 3.8) is 0 Å². The average Bonchev–Trinajstić information content (AvgIpc) is 2.29. The molecular weight excluding hydrogens is 214 g/mol. The number of piperidine rings is 1. The van der Waals surface area contributed by atoms with Crippen molar-refractivity contribution in [2.75, 3.05) is 19.7 Å². The Bertz CT molecular complexity index is 265. The normalized spacial score (nSPS) is 20.4. The molecule has 1 saturated heterocycles. The maximum atomic E-state index is 5.48. The molecule has 0 amide bonds. The van der Waals surface area contributed by atoms with Crippen molar-refractivity contribution in [2.24, 2.45) is 5.92 Å². The maximum Gasteiger partial charge on any atom is 0.316 e. The first kappa shape index (κ1) is 12.2. The van der Waals surface area contributed by atoms with Gasteiger partial charge in [0, 0.05) is 24.9 Å². The van der Waals surface area contributed by atoms with E-state index >= 15 is 0 Å². The fourth-order valence-corrected chi connectivity index (χ4v) is 1.62. The Balaban J connectivity index is 0.00000112. The molecule has 0 aromatic carbocycles. The zero-order valence-electron chi connectivity index (χ0n) is 8.56. The second kappa shape index (κ2) is 6.58. The van der Waals surface area contributed by atoms with Crippen LogP contribution in [0.1, 0.15) is 12.8 Å². The van der Waals surface area contributed by atoms with Crippen molar-refractivity contribution in [3.05, 3.63) is 18.5 Å². The third-order valence-corrected chi connectivity index (χ3v) is 2.39. The standard InChI is InChI=1S/C10H15N3O.ClH/c1-3-9(7-11-4-1)8-14-10-12-5-2-6-13-10;/h2,5-6,9,11H,1,3-4,7-8H2;1H. The van der Waals surface area contributed by atoms with Crippen molar-refractivity contribution in [3.8, 4) is 6.01 Å². The number of aromatic nitrogens is 2. The molecule has 0 saturated carbocycles. The van der Waals surface area contributed by atoms with Gasteiger partial charge < -0.3 is 10.1 Å². The van der Waals surface area contributed by atoms with Gasteiger partial charge in [-0.15, -0.1) is 12.4 Å². The average molecular weight is 230 g/mol. The summed E-state index contributed by atoms with van der Waals surface area (Å²) in [5, 5.41) is 3.35. The number of nitrogens with one attached hydrogen (secondary N) is 1. The predicted molar refractivity (Wildman–Crippen MR) is 60.4 cm³/mol.